The fourth-order valence-electron chi connectivity index (χ4n) is 1.92. The molecule has 2 N–H and O–H groups in total. The molecule has 0 aliphatic rings. The van der Waals surface area contributed by atoms with E-state index in [0.717, 1.165) is 16.7 Å². The number of ether oxygens (including phenoxy) is 1. The van der Waals surface area contributed by atoms with Crippen molar-refractivity contribution in [1.29, 1.82) is 0 Å². The molecular formula is C15H15ClFNO. The molecule has 0 saturated heterocycles. The molecule has 0 aromatic heterocycles. The van der Waals surface area contributed by atoms with Crippen molar-refractivity contribution >= 4 is 11.6 Å². The molecule has 2 nitrogen and oxygen atoms in total. The number of methoxy groups -OCH3 is 1. The lowest BCUT2D eigenvalue weighted by Gasteiger charge is -2.11. The van der Waals surface area contributed by atoms with Gasteiger partial charge >= 0.3 is 0 Å². The summed E-state index contributed by atoms with van der Waals surface area (Å²) >= 11 is 6.17. The first-order chi connectivity index (χ1) is 9.02. The van der Waals surface area contributed by atoms with Crippen LogP contribution in [0.25, 0.3) is 11.1 Å². The lowest BCUT2D eigenvalue weighted by atomic mass is 10.0. The molecule has 0 saturated carbocycles. The zero-order valence-corrected chi connectivity index (χ0v) is 11.5. The Morgan fingerprint density at radius 1 is 1.16 bits per heavy atom. The molecule has 0 aliphatic carbocycles. The third-order valence-corrected chi connectivity index (χ3v) is 3.30. The largest absolute Gasteiger partial charge is 0.494 e. The maximum Gasteiger partial charge on any atom is 0.165 e. The third-order valence-electron chi connectivity index (χ3n) is 2.98. The van der Waals surface area contributed by atoms with E-state index in [4.69, 9.17) is 22.1 Å². The average Bonchev–Trinajstić information content (AvgIpc) is 2.38. The summed E-state index contributed by atoms with van der Waals surface area (Å²) in [5, 5.41) is 0.587. The highest BCUT2D eigenvalue weighted by molar-refractivity contribution is 6.31. The first-order valence-electron chi connectivity index (χ1n) is 5.92. The normalized spacial score (nSPS) is 12.3. The minimum absolute atomic E-state index is 0.130. The maximum absolute atomic E-state index is 13.7. The molecule has 2 aromatic carbocycles. The summed E-state index contributed by atoms with van der Waals surface area (Å²) in [6.45, 7) is 1.87. The van der Waals surface area contributed by atoms with E-state index >= 15 is 0 Å². The monoisotopic (exact) mass is 279 g/mol. The summed E-state index contributed by atoms with van der Waals surface area (Å²) in [6.07, 6.45) is 0. The molecule has 0 aliphatic heterocycles. The Hall–Kier alpha value is -1.58. The topological polar surface area (TPSA) is 35.2 Å². The van der Waals surface area contributed by atoms with Crippen LogP contribution < -0.4 is 10.5 Å². The lowest BCUT2D eigenvalue weighted by Crippen LogP contribution is -2.05. The highest BCUT2D eigenvalue weighted by atomic mass is 35.5. The van der Waals surface area contributed by atoms with Crippen LogP contribution >= 0.6 is 11.6 Å². The molecule has 1 atom stereocenters. The predicted octanol–water partition coefficient (Wildman–Crippen LogP) is 4.17. The van der Waals surface area contributed by atoms with Gasteiger partial charge in [0.15, 0.2) is 11.6 Å². The molecule has 0 heterocycles. The molecular weight excluding hydrogens is 265 g/mol. The predicted molar refractivity (Wildman–Crippen MR) is 76.0 cm³/mol. The van der Waals surface area contributed by atoms with Crippen molar-refractivity contribution in [2.24, 2.45) is 5.73 Å². The quantitative estimate of drug-likeness (QED) is 0.915. The fourth-order valence-corrected chi connectivity index (χ4v) is 2.27. The van der Waals surface area contributed by atoms with Gasteiger partial charge in [-0.3, -0.25) is 0 Å². The van der Waals surface area contributed by atoms with Crippen molar-refractivity contribution in [3.05, 3.63) is 52.8 Å². The molecule has 4 heteroatoms. The Morgan fingerprint density at radius 3 is 2.32 bits per heavy atom. The van der Waals surface area contributed by atoms with Crippen molar-refractivity contribution < 1.29 is 9.13 Å². The van der Waals surface area contributed by atoms with Gasteiger partial charge in [-0.15, -0.1) is 0 Å². The van der Waals surface area contributed by atoms with E-state index in [1.165, 1.54) is 13.2 Å². The van der Waals surface area contributed by atoms with Crippen LogP contribution in [-0.2, 0) is 0 Å². The number of nitrogens with two attached hydrogens (primary N) is 1. The highest BCUT2D eigenvalue weighted by Gasteiger charge is 2.09. The van der Waals surface area contributed by atoms with Crippen molar-refractivity contribution in [3.63, 3.8) is 0 Å². The van der Waals surface area contributed by atoms with Gasteiger partial charge in [0.25, 0.3) is 0 Å². The van der Waals surface area contributed by atoms with E-state index in [-0.39, 0.29) is 11.8 Å². The molecule has 0 fully saturated rings. The minimum atomic E-state index is -0.396. The molecule has 0 amide bonds. The first-order valence-corrected chi connectivity index (χ1v) is 6.29. The molecule has 2 rings (SSSR count). The van der Waals surface area contributed by atoms with Crippen LogP contribution in [0.2, 0.25) is 5.02 Å². The van der Waals surface area contributed by atoms with Gasteiger partial charge in [-0.1, -0.05) is 29.8 Å². The summed E-state index contributed by atoms with van der Waals surface area (Å²) in [4.78, 5) is 0. The average molecular weight is 280 g/mol. The van der Waals surface area contributed by atoms with Crippen LogP contribution in [0.5, 0.6) is 5.75 Å². The van der Waals surface area contributed by atoms with Crippen LogP contribution in [0.15, 0.2) is 36.4 Å². The van der Waals surface area contributed by atoms with Gasteiger partial charge < -0.3 is 10.5 Å². The Labute approximate surface area is 117 Å². The van der Waals surface area contributed by atoms with Gasteiger partial charge in [-0.25, -0.2) is 4.39 Å². The van der Waals surface area contributed by atoms with E-state index in [9.17, 15) is 4.39 Å². The second-order valence-electron chi connectivity index (χ2n) is 4.37. The molecule has 0 spiro atoms. The SMILES string of the molecule is COc1ccc(-c2ccc(C(C)N)c(Cl)c2)cc1F. The van der Waals surface area contributed by atoms with E-state index in [1.807, 2.05) is 19.1 Å². The number of benzene rings is 2. The van der Waals surface area contributed by atoms with E-state index < -0.39 is 5.82 Å². The lowest BCUT2D eigenvalue weighted by molar-refractivity contribution is 0.386. The second-order valence-corrected chi connectivity index (χ2v) is 4.78. The molecule has 100 valence electrons. The van der Waals surface area contributed by atoms with Gasteiger partial charge in [-0.2, -0.15) is 0 Å². The van der Waals surface area contributed by atoms with Crippen molar-refractivity contribution in [2.75, 3.05) is 7.11 Å². The third kappa shape index (κ3) is 2.88. The molecule has 2 aromatic rings. The highest BCUT2D eigenvalue weighted by Crippen LogP contribution is 2.30. The minimum Gasteiger partial charge on any atom is -0.494 e. The van der Waals surface area contributed by atoms with Crippen LogP contribution in [0.4, 0.5) is 4.39 Å². The number of halogens is 2. The summed E-state index contributed by atoms with van der Waals surface area (Å²) in [5.41, 5.74) is 8.27. The Bertz CT molecular complexity index is 599. The first kappa shape index (κ1) is 13.8. The Balaban J connectivity index is 2.42. The van der Waals surface area contributed by atoms with Crippen molar-refractivity contribution in [2.45, 2.75) is 13.0 Å². The number of rotatable bonds is 3. The number of hydrogen-bond acceptors (Lipinski definition) is 2. The van der Waals surface area contributed by atoms with Crippen molar-refractivity contribution in [1.82, 2.24) is 0 Å². The summed E-state index contributed by atoms with van der Waals surface area (Å²) in [6, 6.07) is 10.2. The second kappa shape index (κ2) is 5.59. The maximum atomic E-state index is 13.7. The molecule has 0 bridgehead atoms. The van der Waals surface area contributed by atoms with Gasteiger partial charge in [-0.05, 0) is 41.8 Å². The molecule has 1 unspecified atom stereocenters. The fraction of sp³-hybridized carbons (Fsp3) is 0.200. The Morgan fingerprint density at radius 2 is 1.79 bits per heavy atom. The van der Waals surface area contributed by atoms with Crippen LogP contribution in [0, 0.1) is 5.82 Å². The summed E-state index contributed by atoms with van der Waals surface area (Å²) in [5.74, 6) is -0.172. The number of hydrogen-bond donors (Lipinski definition) is 1. The van der Waals surface area contributed by atoms with Crippen LogP contribution in [-0.4, -0.2) is 7.11 Å². The smallest absolute Gasteiger partial charge is 0.165 e. The van der Waals surface area contributed by atoms with E-state index in [1.54, 1.807) is 18.2 Å². The van der Waals surface area contributed by atoms with Gasteiger partial charge in [0, 0.05) is 11.1 Å². The van der Waals surface area contributed by atoms with E-state index in [0.29, 0.717) is 5.02 Å². The van der Waals surface area contributed by atoms with Crippen LogP contribution in [0.1, 0.15) is 18.5 Å². The van der Waals surface area contributed by atoms with Crippen LogP contribution in [0.3, 0.4) is 0 Å². The van der Waals surface area contributed by atoms with Gasteiger partial charge in [0.1, 0.15) is 0 Å². The van der Waals surface area contributed by atoms with Crippen molar-refractivity contribution in [3.8, 4) is 16.9 Å². The summed E-state index contributed by atoms with van der Waals surface area (Å²) in [7, 11) is 1.44. The zero-order valence-electron chi connectivity index (χ0n) is 10.8. The van der Waals surface area contributed by atoms with Gasteiger partial charge in [0.05, 0.1) is 7.11 Å². The van der Waals surface area contributed by atoms with E-state index in [2.05, 4.69) is 0 Å². The summed E-state index contributed by atoms with van der Waals surface area (Å²) < 4.78 is 18.6. The standard InChI is InChI=1S/C15H15ClFNO/c1-9(18)12-5-3-10(7-13(12)16)11-4-6-15(19-2)14(17)8-11/h3-9H,18H2,1-2H3. The zero-order chi connectivity index (χ0) is 14.0. The molecule has 0 radical (unpaired) electrons. The molecule has 19 heavy (non-hydrogen) atoms. The van der Waals surface area contributed by atoms with Gasteiger partial charge in [0.2, 0.25) is 0 Å². The Kier molecular flexibility index (Phi) is 4.08.